The first-order valence-electron chi connectivity index (χ1n) is 8.06. The lowest BCUT2D eigenvalue weighted by Crippen LogP contribution is -2.30. The van der Waals surface area contributed by atoms with Crippen molar-refractivity contribution in [2.24, 2.45) is 5.92 Å². The molecule has 1 aromatic carbocycles. The molecule has 3 rings (SSSR count). The summed E-state index contributed by atoms with van der Waals surface area (Å²) in [5, 5.41) is 15.5. The van der Waals surface area contributed by atoms with Crippen molar-refractivity contribution in [3.63, 3.8) is 0 Å². The third-order valence-corrected chi connectivity index (χ3v) is 5.11. The van der Waals surface area contributed by atoms with E-state index in [9.17, 15) is 14.9 Å². The smallest absolute Gasteiger partial charge is 0.311 e. The maximum absolute atomic E-state index is 11.6. The Morgan fingerprint density at radius 2 is 2.08 bits per heavy atom. The zero-order valence-corrected chi connectivity index (χ0v) is 15.3. The van der Waals surface area contributed by atoms with Crippen LogP contribution in [0.5, 0.6) is 0 Å². The molecule has 0 aliphatic heterocycles. The summed E-state index contributed by atoms with van der Waals surface area (Å²) in [6.45, 7) is 0. The van der Waals surface area contributed by atoms with Crippen molar-refractivity contribution in [1.29, 1.82) is 0 Å². The molecule has 7 nitrogen and oxygen atoms in total. The van der Waals surface area contributed by atoms with Crippen LogP contribution in [-0.2, 0) is 9.53 Å². The lowest BCUT2D eigenvalue weighted by atomic mass is 9.86. The quantitative estimate of drug-likeness (QED) is 0.466. The van der Waals surface area contributed by atoms with Crippen molar-refractivity contribution < 1.29 is 14.5 Å². The van der Waals surface area contributed by atoms with Crippen molar-refractivity contribution >= 4 is 44.2 Å². The van der Waals surface area contributed by atoms with E-state index in [1.54, 1.807) is 0 Å². The first-order valence-corrected chi connectivity index (χ1v) is 8.86. The number of hydrogen-bond donors (Lipinski definition) is 1. The van der Waals surface area contributed by atoms with E-state index in [0.29, 0.717) is 29.4 Å². The van der Waals surface area contributed by atoms with Crippen LogP contribution >= 0.6 is 15.9 Å². The molecule has 0 saturated heterocycles. The molecule has 2 aromatic rings. The third-order valence-electron chi connectivity index (χ3n) is 4.62. The number of nitro groups is 1. The molecule has 0 atom stereocenters. The van der Waals surface area contributed by atoms with Crippen LogP contribution in [0.4, 0.5) is 11.4 Å². The highest BCUT2D eigenvalue weighted by molar-refractivity contribution is 9.10. The van der Waals surface area contributed by atoms with Gasteiger partial charge in [0.1, 0.15) is 11.9 Å². The van der Waals surface area contributed by atoms with Gasteiger partial charge in [0.15, 0.2) is 0 Å². The van der Waals surface area contributed by atoms with Crippen LogP contribution in [0.3, 0.4) is 0 Å². The Labute approximate surface area is 153 Å². The summed E-state index contributed by atoms with van der Waals surface area (Å²) in [6.07, 6.45) is 4.23. The van der Waals surface area contributed by atoms with Gasteiger partial charge in [0.25, 0.3) is 0 Å². The van der Waals surface area contributed by atoms with Crippen LogP contribution in [0.15, 0.2) is 28.9 Å². The molecule has 1 saturated carbocycles. The summed E-state index contributed by atoms with van der Waals surface area (Å²) in [6, 6.07) is 5.58. The fourth-order valence-electron chi connectivity index (χ4n) is 3.29. The molecule has 1 aliphatic rings. The summed E-state index contributed by atoms with van der Waals surface area (Å²) in [5.41, 5.74) is 1.14. The minimum Gasteiger partial charge on any atom is -0.469 e. The van der Waals surface area contributed by atoms with E-state index >= 15 is 0 Å². The van der Waals surface area contributed by atoms with Gasteiger partial charge in [-0.25, -0.2) is 4.98 Å². The van der Waals surface area contributed by atoms with Crippen LogP contribution in [0.1, 0.15) is 25.7 Å². The average molecular weight is 408 g/mol. The topological polar surface area (TPSA) is 94.4 Å². The molecular weight excluding hydrogens is 390 g/mol. The number of rotatable bonds is 4. The number of ether oxygens (including phenoxy) is 1. The molecule has 1 aromatic heterocycles. The van der Waals surface area contributed by atoms with E-state index in [1.807, 2.05) is 18.2 Å². The molecule has 1 heterocycles. The number of halogens is 1. The Bertz CT molecular complexity index is 819. The van der Waals surface area contributed by atoms with Crippen molar-refractivity contribution in [3.8, 4) is 0 Å². The fraction of sp³-hybridized carbons (Fsp3) is 0.412. The molecule has 0 spiro atoms. The van der Waals surface area contributed by atoms with Crippen molar-refractivity contribution in [3.05, 3.63) is 39.0 Å². The zero-order valence-electron chi connectivity index (χ0n) is 13.7. The second-order valence-corrected chi connectivity index (χ2v) is 7.07. The summed E-state index contributed by atoms with van der Waals surface area (Å²) >= 11 is 3.41. The van der Waals surface area contributed by atoms with Gasteiger partial charge in [-0.1, -0.05) is 15.9 Å². The molecule has 0 unspecified atom stereocenters. The highest BCUT2D eigenvalue weighted by Gasteiger charge is 2.28. The van der Waals surface area contributed by atoms with Crippen LogP contribution < -0.4 is 5.32 Å². The van der Waals surface area contributed by atoms with Crippen LogP contribution in [0.25, 0.3) is 10.9 Å². The second-order valence-electron chi connectivity index (χ2n) is 6.15. The fourth-order valence-corrected chi connectivity index (χ4v) is 3.65. The number of esters is 1. The normalized spacial score (nSPS) is 20.2. The van der Waals surface area contributed by atoms with E-state index in [-0.39, 0.29) is 23.6 Å². The number of nitrogens with zero attached hydrogens (tertiary/aromatic N) is 2. The minimum absolute atomic E-state index is 0.0410. The Hall–Kier alpha value is -2.22. The lowest BCUT2D eigenvalue weighted by molar-refractivity contribution is -0.384. The highest BCUT2D eigenvalue weighted by atomic mass is 79.9. The Morgan fingerprint density at radius 1 is 1.36 bits per heavy atom. The molecule has 1 N–H and O–H groups in total. The van der Waals surface area contributed by atoms with Gasteiger partial charge in [-0.15, -0.1) is 0 Å². The van der Waals surface area contributed by atoms with Gasteiger partial charge in [0.05, 0.1) is 23.5 Å². The number of methoxy groups -OCH3 is 1. The maximum atomic E-state index is 11.6. The van der Waals surface area contributed by atoms with Gasteiger partial charge in [0, 0.05) is 15.9 Å². The number of nitrogens with one attached hydrogen (secondary N) is 1. The highest BCUT2D eigenvalue weighted by Crippen LogP contribution is 2.36. The van der Waals surface area contributed by atoms with Gasteiger partial charge in [-0.05, 0) is 43.9 Å². The molecule has 132 valence electrons. The molecule has 0 radical (unpaired) electrons. The SMILES string of the molecule is COC(=O)C1CCC(Nc2c([N+](=O)[O-])cnc3ccc(Br)cc23)CC1. The molecule has 1 aliphatic carbocycles. The number of benzene rings is 1. The number of fused-ring (bicyclic) bond motifs is 1. The van der Waals surface area contributed by atoms with Crippen LogP contribution in [-0.4, -0.2) is 29.0 Å². The molecule has 1 fully saturated rings. The number of pyridine rings is 1. The number of hydrogen-bond acceptors (Lipinski definition) is 6. The summed E-state index contributed by atoms with van der Waals surface area (Å²) in [7, 11) is 1.40. The van der Waals surface area contributed by atoms with Crippen molar-refractivity contribution in [1.82, 2.24) is 4.98 Å². The van der Waals surface area contributed by atoms with Crippen molar-refractivity contribution in [2.75, 3.05) is 12.4 Å². The summed E-state index contributed by atoms with van der Waals surface area (Å²) in [5.74, 6) is -0.260. The average Bonchev–Trinajstić information content (AvgIpc) is 2.61. The number of carbonyl (C=O) groups is 1. The summed E-state index contributed by atoms with van der Waals surface area (Å²) in [4.78, 5) is 26.8. The number of aromatic nitrogens is 1. The van der Waals surface area contributed by atoms with Crippen LogP contribution in [0, 0.1) is 16.0 Å². The van der Waals surface area contributed by atoms with E-state index in [0.717, 1.165) is 17.3 Å². The van der Waals surface area contributed by atoms with E-state index in [4.69, 9.17) is 4.74 Å². The first kappa shape index (κ1) is 17.6. The number of carbonyl (C=O) groups excluding carboxylic acids is 1. The number of anilines is 1. The third kappa shape index (κ3) is 3.73. The first-order chi connectivity index (χ1) is 12.0. The van der Waals surface area contributed by atoms with E-state index in [2.05, 4.69) is 26.2 Å². The zero-order chi connectivity index (χ0) is 18.0. The Kier molecular flexibility index (Phi) is 5.17. The van der Waals surface area contributed by atoms with Crippen LogP contribution in [0.2, 0.25) is 0 Å². The molecule has 8 heteroatoms. The lowest BCUT2D eigenvalue weighted by Gasteiger charge is -2.28. The molecule has 0 bridgehead atoms. The second kappa shape index (κ2) is 7.35. The Morgan fingerprint density at radius 3 is 2.72 bits per heavy atom. The molecule has 0 amide bonds. The Balaban J connectivity index is 1.88. The van der Waals surface area contributed by atoms with Gasteiger partial charge < -0.3 is 10.1 Å². The predicted octanol–water partition coefficient (Wildman–Crippen LogP) is 4.05. The van der Waals surface area contributed by atoms with E-state index in [1.165, 1.54) is 13.3 Å². The molecular formula is C17H18BrN3O4. The maximum Gasteiger partial charge on any atom is 0.311 e. The molecule has 25 heavy (non-hydrogen) atoms. The predicted molar refractivity (Wildman–Crippen MR) is 97.5 cm³/mol. The van der Waals surface area contributed by atoms with Gasteiger partial charge in [-0.2, -0.15) is 0 Å². The van der Waals surface area contributed by atoms with Gasteiger partial charge >= 0.3 is 11.7 Å². The minimum atomic E-state index is -0.421. The standard InChI is InChI=1S/C17H18BrN3O4/c1-25-17(22)10-2-5-12(6-3-10)20-16-13-8-11(18)4-7-14(13)19-9-15(16)21(23)24/h4,7-10,12H,2-3,5-6H2,1H3,(H,19,20). The monoisotopic (exact) mass is 407 g/mol. The summed E-state index contributed by atoms with van der Waals surface area (Å²) < 4.78 is 5.64. The van der Waals surface area contributed by atoms with Crippen molar-refractivity contribution in [2.45, 2.75) is 31.7 Å². The van der Waals surface area contributed by atoms with Gasteiger partial charge in [0.2, 0.25) is 0 Å². The largest absolute Gasteiger partial charge is 0.469 e. The van der Waals surface area contributed by atoms with Gasteiger partial charge in [-0.3, -0.25) is 14.9 Å². The van der Waals surface area contributed by atoms with E-state index < -0.39 is 4.92 Å².